The maximum Gasteiger partial charge on any atom is 0.414 e. The summed E-state index contributed by atoms with van der Waals surface area (Å²) in [5.41, 5.74) is 6.69. The Morgan fingerprint density at radius 1 is 0.526 bits per heavy atom. The van der Waals surface area contributed by atoms with Crippen molar-refractivity contribution in [3.8, 4) is 0 Å². The predicted octanol–water partition coefficient (Wildman–Crippen LogP) is 6.62. The summed E-state index contributed by atoms with van der Waals surface area (Å²) in [6, 6.07) is 28.0. The molecule has 0 amide bonds. The van der Waals surface area contributed by atoms with E-state index in [9.17, 15) is 0 Å². The normalized spacial score (nSPS) is 17.9. The molecule has 0 aliphatic carbocycles. The molecule has 4 unspecified atom stereocenters. The van der Waals surface area contributed by atoms with Gasteiger partial charge in [-0.15, -0.1) is 0 Å². The monoisotopic (exact) mass is 1140 g/mol. The largest absolute Gasteiger partial charge is 0.473 e. The minimum Gasteiger partial charge on any atom is -0.473 e. The summed E-state index contributed by atoms with van der Waals surface area (Å²) in [6.07, 6.45) is 14.3. The number of benzene rings is 4. The molecule has 26 heteroatoms. The van der Waals surface area contributed by atoms with Gasteiger partial charge in [0, 0.05) is 46.0 Å². The van der Waals surface area contributed by atoms with Crippen LogP contribution in [0.2, 0.25) is 20.1 Å². The van der Waals surface area contributed by atoms with Crippen molar-refractivity contribution < 1.29 is 89.3 Å². The number of carboxylic acid groups (broad SMARTS) is 6. The van der Waals surface area contributed by atoms with Crippen molar-refractivity contribution in [3.05, 3.63) is 176 Å². The highest BCUT2D eigenvalue weighted by atomic mass is 35.5. The van der Waals surface area contributed by atoms with Crippen LogP contribution in [0.1, 0.15) is 46.2 Å². The number of aryl methyl sites for hydroxylation is 4. The summed E-state index contributed by atoms with van der Waals surface area (Å²) in [5.74, 6) is -12.9. The average molecular weight is 1140 g/mol. The first kappa shape index (κ1) is 65.2. The van der Waals surface area contributed by atoms with Crippen LogP contribution in [-0.2, 0) is 85.2 Å². The Balaban J connectivity index is 0.000000387. The van der Waals surface area contributed by atoms with Crippen LogP contribution in [0.25, 0.3) is 0 Å². The van der Waals surface area contributed by atoms with E-state index in [4.69, 9.17) is 125 Å². The zero-order valence-electron chi connectivity index (χ0n) is 40.4. The highest BCUT2D eigenvalue weighted by molar-refractivity contribution is 6.35. The number of halogens is 4. The summed E-state index contributed by atoms with van der Waals surface area (Å²) in [6.45, 7) is 6.15. The van der Waals surface area contributed by atoms with Crippen molar-refractivity contribution in [1.29, 1.82) is 0 Å². The van der Waals surface area contributed by atoms with Gasteiger partial charge in [0.05, 0.1) is 61.2 Å². The molecule has 2 saturated heterocycles. The maximum atomic E-state index is 9.10. The minimum absolute atomic E-state index is 0. The number of carboxylic acids is 6. The number of imidazole rings is 2. The van der Waals surface area contributed by atoms with E-state index in [0.29, 0.717) is 46.4 Å². The zero-order chi connectivity index (χ0) is 54.6. The van der Waals surface area contributed by atoms with Gasteiger partial charge in [0.15, 0.2) is 0 Å². The SMILES string of the molecule is Cc1ccc(CCC2COC(Cn3ccnc3)(c3ccc(Cl)cc3Cl)O2)cc1.Cc1ccc(CCC2COC(Cn3ccnc3)(c3ccc(Cl)cc3Cl)O2)cc1.O.O.O=C(O)C(=O)O.O=C(O)C(=O)O.O=C(O)C(=O)O. The number of rotatable bonds is 12. The Morgan fingerprint density at radius 3 is 1.11 bits per heavy atom. The Bertz CT molecular complexity index is 2570. The lowest BCUT2D eigenvalue weighted by molar-refractivity contribution is -0.187. The van der Waals surface area contributed by atoms with Crippen molar-refractivity contribution in [2.24, 2.45) is 0 Å². The number of nitrogens with zero attached hydrogens (tertiary/aromatic N) is 4. The first-order valence-electron chi connectivity index (χ1n) is 22.0. The van der Waals surface area contributed by atoms with Crippen molar-refractivity contribution in [3.63, 3.8) is 0 Å². The van der Waals surface area contributed by atoms with E-state index in [-0.39, 0.29) is 23.2 Å². The van der Waals surface area contributed by atoms with E-state index in [0.717, 1.165) is 36.8 Å². The molecule has 4 heterocycles. The number of hydrogen-bond acceptors (Lipinski definition) is 12. The van der Waals surface area contributed by atoms with E-state index >= 15 is 0 Å². The molecular formula is C50H54Cl4N4O18. The molecule has 10 N–H and O–H groups in total. The molecule has 2 fully saturated rings. The van der Waals surface area contributed by atoms with E-state index in [1.165, 1.54) is 22.3 Å². The Labute approximate surface area is 454 Å². The highest BCUT2D eigenvalue weighted by Crippen LogP contribution is 2.43. The first-order chi connectivity index (χ1) is 35.0. The molecule has 2 aliphatic heterocycles. The number of aliphatic carboxylic acids is 6. The van der Waals surface area contributed by atoms with E-state index in [1.807, 2.05) is 45.8 Å². The molecule has 0 spiro atoms. The smallest absolute Gasteiger partial charge is 0.414 e. The van der Waals surface area contributed by atoms with Crippen LogP contribution in [0.4, 0.5) is 0 Å². The molecule has 8 rings (SSSR count). The second-order valence-electron chi connectivity index (χ2n) is 16.2. The molecule has 76 heavy (non-hydrogen) atoms. The van der Waals surface area contributed by atoms with Crippen LogP contribution >= 0.6 is 46.4 Å². The van der Waals surface area contributed by atoms with Gasteiger partial charge in [-0.05, 0) is 74.9 Å². The van der Waals surface area contributed by atoms with Crippen molar-refractivity contribution in [1.82, 2.24) is 19.1 Å². The molecular weight excluding hydrogens is 1090 g/mol. The van der Waals surface area contributed by atoms with Crippen LogP contribution in [0.3, 0.4) is 0 Å². The van der Waals surface area contributed by atoms with Gasteiger partial charge < -0.3 is 69.7 Å². The molecule has 410 valence electrons. The molecule has 22 nitrogen and oxygen atoms in total. The predicted molar refractivity (Wildman–Crippen MR) is 274 cm³/mol. The van der Waals surface area contributed by atoms with Gasteiger partial charge in [0.1, 0.15) is 0 Å². The van der Waals surface area contributed by atoms with Gasteiger partial charge in [0.25, 0.3) is 0 Å². The zero-order valence-corrected chi connectivity index (χ0v) is 43.4. The van der Waals surface area contributed by atoms with Crippen molar-refractivity contribution >= 4 is 82.2 Å². The van der Waals surface area contributed by atoms with Crippen LogP contribution in [0.5, 0.6) is 0 Å². The lowest BCUT2D eigenvalue weighted by Crippen LogP contribution is -2.33. The molecule has 0 saturated carbocycles. The number of ether oxygens (including phenoxy) is 4. The average Bonchev–Trinajstić information content (AvgIpc) is 4.20. The molecule has 2 aromatic heterocycles. The molecule has 4 aromatic carbocycles. The first-order valence-corrected chi connectivity index (χ1v) is 23.5. The number of carbonyl (C=O) groups is 6. The van der Waals surface area contributed by atoms with Gasteiger partial charge in [-0.1, -0.05) is 118 Å². The highest BCUT2D eigenvalue weighted by Gasteiger charge is 2.46. The molecule has 0 bridgehead atoms. The molecule has 2 aliphatic rings. The third-order valence-electron chi connectivity index (χ3n) is 10.6. The summed E-state index contributed by atoms with van der Waals surface area (Å²) >= 11 is 25.2. The minimum atomic E-state index is -1.82. The van der Waals surface area contributed by atoms with Crippen molar-refractivity contribution in [2.75, 3.05) is 13.2 Å². The second kappa shape index (κ2) is 31.2. The lowest BCUT2D eigenvalue weighted by Gasteiger charge is -2.30. The van der Waals surface area contributed by atoms with Crippen LogP contribution in [0.15, 0.2) is 122 Å². The van der Waals surface area contributed by atoms with E-state index < -0.39 is 47.4 Å². The van der Waals surface area contributed by atoms with Gasteiger partial charge in [-0.2, -0.15) is 0 Å². The maximum absolute atomic E-state index is 9.10. The lowest BCUT2D eigenvalue weighted by atomic mass is 10.0. The topological polar surface area (TPSA) is 359 Å². The summed E-state index contributed by atoms with van der Waals surface area (Å²) in [7, 11) is 0. The molecule has 0 radical (unpaired) electrons. The third kappa shape index (κ3) is 20.6. The summed E-state index contributed by atoms with van der Waals surface area (Å²) in [4.78, 5) is 62.8. The van der Waals surface area contributed by atoms with E-state index in [2.05, 4.69) is 72.3 Å². The fourth-order valence-electron chi connectivity index (χ4n) is 7.04. The summed E-state index contributed by atoms with van der Waals surface area (Å²) < 4.78 is 29.3. The fraction of sp³-hybridized carbons (Fsp3) is 0.280. The van der Waals surface area contributed by atoms with E-state index in [1.54, 1.807) is 37.2 Å². The number of hydrogen-bond donors (Lipinski definition) is 6. The van der Waals surface area contributed by atoms with Crippen LogP contribution < -0.4 is 0 Å². The quantitative estimate of drug-likeness (QED) is 0.0701. The fourth-order valence-corrected chi connectivity index (χ4v) is 8.14. The van der Waals surface area contributed by atoms with Gasteiger partial charge >= 0.3 is 35.8 Å². The van der Waals surface area contributed by atoms with Crippen LogP contribution in [-0.4, -0.2) is 122 Å². The Hall–Kier alpha value is -6.96. The third-order valence-corrected chi connectivity index (χ3v) is 11.7. The summed E-state index contributed by atoms with van der Waals surface area (Å²) in [5, 5.41) is 46.6. The second-order valence-corrected chi connectivity index (χ2v) is 17.9. The Kier molecular flexibility index (Phi) is 26.7. The molecule has 6 aromatic rings. The van der Waals surface area contributed by atoms with Crippen LogP contribution in [0, 0.1) is 13.8 Å². The van der Waals surface area contributed by atoms with Gasteiger partial charge in [0.2, 0.25) is 11.6 Å². The van der Waals surface area contributed by atoms with Crippen molar-refractivity contribution in [2.45, 2.75) is 76.4 Å². The number of aromatic nitrogens is 4. The van der Waals surface area contributed by atoms with Gasteiger partial charge in [-0.25, -0.2) is 38.7 Å². The molecule has 4 atom stereocenters. The van der Waals surface area contributed by atoms with Gasteiger partial charge in [-0.3, -0.25) is 0 Å². The Morgan fingerprint density at radius 2 is 0.842 bits per heavy atom. The standard InChI is InChI=1S/2C22H22Cl2N2O2.3C2H2O4.2H2O/c2*1-16-2-4-17(5-3-16)6-8-19-13-27-22(28-19,14-26-11-10-25-15-26)20-9-7-18(23)12-21(20)24;3*3-1(4)2(5)6;;/h2*2-5,7,9-12,15,19H,6,8,13-14H2,1H3;3*(H,3,4)(H,5,6);2*1H2.